The van der Waals surface area contributed by atoms with Gasteiger partial charge in [0, 0.05) is 24.7 Å². The number of fused-ring (bicyclic) bond motifs is 1. The fraction of sp³-hybridized carbons (Fsp3) is 0.286. The lowest BCUT2D eigenvalue weighted by atomic mass is 10.0. The predicted molar refractivity (Wildman–Crippen MR) is 147 cm³/mol. The Labute approximate surface area is 221 Å². The van der Waals surface area contributed by atoms with Crippen LogP contribution in [0.15, 0.2) is 77.7 Å². The summed E-state index contributed by atoms with van der Waals surface area (Å²) < 4.78 is 34.1. The molecule has 0 bridgehead atoms. The Morgan fingerprint density at radius 3 is 2.43 bits per heavy atom. The van der Waals surface area contributed by atoms with Gasteiger partial charge in [-0.2, -0.15) is 4.31 Å². The van der Waals surface area contributed by atoms with Crippen molar-refractivity contribution >= 4 is 42.6 Å². The number of carbonyl (C=O) groups is 1. The van der Waals surface area contributed by atoms with Crippen molar-refractivity contribution in [3.63, 3.8) is 0 Å². The van der Waals surface area contributed by atoms with Gasteiger partial charge in [-0.25, -0.2) is 13.4 Å². The predicted octanol–water partition coefficient (Wildman–Crippen LogP) is 5.57. The number of ether oxygens (including phenoxy) is 1. The van der Waals surface area contributed by atoms with E-state index in [2.05, 4.69) is 6.92 Å². The molecule has 9 heteroatoms. The van der Waals surface area contributed by atoms with Gasteiger partial charge in [-0.15, -0.1) is 0 Å². The van der Waals surface area contributed by atoms with Crippen LogP contribution in [0, 0.1) is 5.92 Å². The van der Waals surface area contributed by atoms with Crippen molar-refractivity contribution in [1.29, 1.82) is 0 Å². The highest BCUT2D eigenvalue weighted by atomic mass is 32.2. The van der Waals surface area contributed by atoms with Gasteiger partial charge in [0.15, 0.2) is 5.13 Å². The van der Waals surface area contributed by atoms with Crippen LogP contribution in [0.1, 0.15) is 35.7 Å². The standard InChI is InChI=1S/C28H29N3O4S2/c1-20-14-16-30(17-15-20)37(33,34)24-11-8-22(9-12-24)27(32)31(19-21-6-4-3-5-7-21)28-29-25-18-23(35-2)10-13-26(25)36-28/h3-13,18,20H,14-17,19H2,1-2H3. The largest absolute Gasteiger partial charge is 0.497 e. The number of hydrogen-bond acceptors (Lipinski definition) is 6. The topological polar surface area (TPSA) is 79.8 Å². The first-order valence-corrected chi connectivity index (χ1v) is 14.5. The first-order valence-electron chi connectivity index (χ1n) is 12.3. The van der Waals surface area contributed by atoms with Crippen molar-refractivity contribution in [3.8, 4) is 5.75 Å². The molecular weight excluding hydrogens is 506 g/mol. The number of piperidine rings is 1. The van der Waals surface area contributed by atoms with E-state index in [-0.39, 0.29) is 10.8 Å². The number of methoxy groups -OCH3 is 1. The van der Waals surface area contributed by atoms with Gasteiger partial charge in [0.25, 0.3) is 5.91 Å². The zero-order chi connectivity index (χ0) is 26.0. The Hall–Kier alpha value is -3.27. The van der Waals surface area contributed by atoms with E-state index in [9.17, 15) is 13.2 Å². The molecule has 1 amide bonds. The lowest BCUT2D eigenvalue weighted by Gasteiger charge is -2.29. The monoisotopic (exact) mass is 535 g/mol. The summed E-state index contributed by atoms with van der Waals surface area (Å²) in [6.45, 7) is 3.53. The van der Waals surface area contributed by atoms with Crippen LogP contribution in [-0.2, 0) is 16.6 Å². The molecule has 3 aromatic carbocycles. The van der Waals surface area contributed by atoms with Crippen LogP contribution in [0.25, 0.3) is 10.2 Å². The molecule has 1 aliphatic heterocycles. The molecule has 2 heterocycles. The van der Waals surface area contributed by atoms with E-state index in [1.165, 1.54) is 23.5 Å². The molecule has 0 saturated carbocycles. The third-order valence-corrected chi connectivity index (χ3v) is 9.70. The number of amides is 1. The number of nitrogens with zero attached hydrogens (tertiary/aromatic N) is 3. The van der Waals surface area contributed by atoms with Gasteiger partial charge in [-0.3, -0.25) is 9.69 Å². The first kappa shape index (κ1) is 25.4. The summed E-state index contributed by atoms with van der Waals surface area (Å²) in [5.74, 6) is 0.988. The maximum absolute atomic E-state index is 13.8. The van der Waals surface area contributed by atoms with E-state index >= 15 is 0 Å². The summed E-state index contributed by atoms with van der Waals surface area (Å²) in [5, 5.41) is 0.566. The highest BCUT2D eigenvalue weighted by molar-refractivity contribution is 7.89. The molecule has 1 aliphatic rings. The molecule has 0 radical (unpaired) electrons. The minimum atomic E-state index is -3.59. The molecule has 0 unspecified atom stereocenters. The third-order valence-electron chi connectivity index (χ3n) is 6.72. The van der Waals surface area contributed by atoms with Crippen molar-refractivity contribution in [3.05, 3.63) is 83.9 Å². The molecule has 0 aliphatic carbocycles. The van der Waals surface area contributed by atoms with E-state index in [0.717, 1.165) is 28.6 Å². The molecule has 1 fully saturated rings. The number of rotatable bonds is 7. The van der Waals surface area contributed by atoms with Gasteiger partial charge in [0.1, 0.15) is 5.75 Å². The number of benzene rings is 3. The molecule has 1 aromatic heterocycles. The lowest BCUT2D eigenvalue weighted by molar-refractivity contribution is 0.0985. The van der Waals surface area contributed by atoms with Crippen molar-refractivity contribution in [2.75, 3.05) is 25.1 Å². The van der Waals surface area contributed by atoms with Crippen LogP contribution in [0.3, 0.4) is 0 Å². The molecule has 192 valence electrons. The Balaban J connectivity index is 1.45. The molecule has 5 rings (SSSR count). The summed E-state index contributed by atoms with van der Waals surface area (Å²) in [7, 11) is -1.98. The number of sulfonamides is 1. The normalized spacial score (nSPS) is 15.1. The Bertz CT molecular complexity index is 1490. The molecular formula is C28H29N3O4S2. The summed E-state index contributed by atoms with van der Waals surface area (Å²) in [6.07, 6.45) is 1.72. The van der Waals surface area contributed by atoms with Crippen LogP contribution >= 0.6 is 11.3 Å². The number of anilines is 1. The zero-order valence-electron chi connectivity index (χ0n) is 20.8. The van der Waals surface area contributed by atoms with Crippen LogP contribution in [-0.4, -0.2) is 43.8 Å². The highest BCUT2D eigenvalue weighted by Crippen LogP contribution is 2.33. The number of carbonyl (C=O) groups excluding carboxylic acids is 1. The van der Waals surface area contributed by atoms with E-state index in [1.54, 1.807) is 28.4 Å². The first-order chi connectivity index (χ1) is 17.8. The Morgan fingerprint density at radius 2 is 1.76 bits per heavy atom. The van der Waals surface area contributed by atoms with Crippen molar-refractivity contribution < 1.29 is 17.9 Å². The molecule has 1 saturated heterocycles. The van der Waals surface area contributed by atoms with E-state index < -0.39 is 10.0 Å². The molecule has 0 N–H and O–H groups in total. The van der Waals surface area contributed by atoms with Gasteiger partial charge < -0.3 is 4.74 Å². The van der Waals surface area contributed by atoms with Gasteiger partial charge in [-0.05, 0) is 60.7 Å². The van der Waals surface area contributed by atoms with Crippen LogP contribution in [0.5, 0.6) is 5.75 Å². The summed E-state index contributed by atoms with van der Waals surface area (Å²) in [5.41, 5.74) is 2.12. The van der Waals surface area contributed by atoms with Crippen molar-refractivity contribution in [2.24, 2.45) is 5.92 Å². The summed E-state index contributed by atoms with van der Waals surface area (Å²) in [4.78, 5) is 20.3. The maximum Gasteiger partial charge on any atom is 0.260 e. The summed E-state index contributed by atoms with van der Waals surface area (Å²) in [6, 6.07) is 21.6. The Kier molecular flexibility index (Phi) is 7.28. The maximum atomic E-state index is 13.8. The molecule has 4 aromatic rings. The van der Waals surface area contributed by atoms with Gasteiger partial charge in [0.2, 0.25) is 10.0 Å². The van der Waals surface area contributed by atoms with E-state index in [1.807, 2.05) is 48.5 Å². The Morgan fingerprint density at radius 1 is 1.05 bits per heavy atom. The fourth-order valence-electron chi connectivity index (χ4n) is 4.43. The molecule has 7 nitrogen and oxygen atoms in total. The number of aromatic nitrogens is 1. The number of thiazole rings is 1. The molecule has 0 atom stereocenters. The molecule has 37 heavy (non-hydrogen) atoms. The minimum Gasteiger partial charge on any atom is -0.497 e. The second-order valence-electron chi connectivity index (χ2n) is 9.32. The third kappa shape index (κ3) is 5.39. The van der Waals surface area contributed by atoms with Gasteiger partial charge >= 0.3 is 0 Å². The fourth-order valence-corrected chi connectivity index (χ4v) is 6.84. The van der Waals surface area contributed by atoms with Crippen LogP contribution in [0.2, 0.25) is 0 Å². The second kappa shape index (κ2) is 10.6. The smallest absolute Gasteiger partial charge is 0.260 e. The van der Waals surface area contributed by atoms with E-state index in [4.69, 9.17) is 9.72 Å². The summed E-state index contributed by atoms with van der Waals surface area (Å²) >= 11 is 1.43. The van der Waals surface area contributed by atoms with Crippen LogP contribution < -0.4 is 9.64 Å². The average molecular weight is 536 g/mol. The zero-order valence-corrected chi connectivity index (χ0v) is 22.5. The lowest BCUT2D eigenvalue weighted by Crippen LogP contribution is -2.37. The van der Waals surface area contributed by atoms with Crippen LogP contribution in [0.4, 0.5) is 5.13 Å². The van der Waals surface area contributed by atoms with Gasteiger partial charge in [-0.1, -0.05) is 48.6 Å². The number of hydrogen-bond donors (Lipinski definition) is 0. The molecule has 0 spiro atoms. The average Bonchev–Trinajstić information content (AvgIpc) is 3.35. The van der Waals surface area contributed by atoms with Gasteiger partial charge in [0.05, 0.1) is 28.8 Å². The van der Waals surface area contributed by atoms with E-state index in [0.29, 0.717) is 42.0 Å². The quantitative estimate of drug-likeness (QED) is 0.309. The van der Waals surface area contributed by atoms with Crippen molar-refractivity contribution in [1.82, 2.24) is 9.29 Å². The second-order valence-corrected chi connectivity index (χ2v) is 12.3. The van der Waals surface area contributed by atoms with Crippen molar-refractivity contribution in [2.45, 2.75) is 31.2 Å². The highest BCUT2D eigenvalue weighted by Gasteiger charge is 2.29. The minimum absolute atomic E-state index is 0.209. The SMILES string of the molecule is COc1ccc2sc(N(Cc3ccccc3)C(=O)c3ccc(S(=O)(=O)N4CCC(C)CC4)cc3)nc2c1.